The molecule has 4 N–H and O–H groups in total. The molecule has 3 amide bonds. The van der Waals surface area contributed by atoms with E-state index in [0.717, 1.165) is 12.0 Å². The largest absolute Gasteiger partial charge is 0.366 e. The van der Waals surface area contributed by atoms with Gasteiger partial charge in [0.05, 0.1) is 0 Å². The maximum absolute atomic E-state index is 12.2. The second-order valence-corrected chi connectivity index (χ2v) is 6.63. The maximum Gasteiger partial charge on any atom is 0.251 e. The number of rotatable bonds is 6. The zero-order valence-corrected chi connectivity index (χ0v) is 14.5. The van der Waals surface area contributed by atoms with Gasteiger partial charge in [-0.25, -0.2) is 0 Å². The minimum Gasteiger partial charge on any atom is -0.366 e. The van der Waals surface area contributed by atoms with Crippen LogP contribution in [0.25, 0.3) is 0 Å². The third-order valence-electron chi connectivity index (χ3n) is 4.55. The van der Waals surface area contributed by atoms with E-state index in [4.69, 9.17) is 5.73 Å². The number of hydrogen-bond acceptors (Lipinski definition) is 3. The van der Waals surface area contributed by atoms with Gasteiger partial charge < -0.3 is 16.4 Å². The fraction of sp³-hybridized carbons (Fsp3) is 0.250. The summed E-state index contributed by atoms with van der Waals surface area (Å²) in [6, 6.07) is 13.6. The molecule has 6 nitrogen and oxygen atoms in total. The Hall–Kier alpha value is -3.15. The summed E-state index contributed by atoms with van der Waals surface area (Å²) in [5.74, 6) is -0.0910. The molecule has 0 heterocycles. The molecule has 26 heavy (non-hydrogen) atoms. The molecule has 1 aliphatic carbocycles. The van der Waals surface area contributed by atoms with Crippen molar-refractivity contribution < 1.29 is 14.4 Å². The molecule has 1 fully saturated rings. The molecule has 0 bridgehead atoms. The van der Waals surface area contributed by atoms with E-state index in [9.17, 15) is 14.4 Å². The molecule has 1 saturated carbocycles. The summed E-state index contributed by atoms with van der Waals surface area (Å²) >= 11 is 0. The zero-order valence-electron chi connectivity index (χ0n) is 14.5. The van der Waals surface area contributed by atoms with Gasteiger partial charge in [-0.3, -0.25) is 14.4 Å². The first-order valence-corrected chi connectivity index (χ1v) is 8.52. The smallest absolute Gasteiger partial charge is 0.251 e. The van der Waals surface area contributed by atoms with Gasteiger partial charge in [0.1, 0.15) is 0 Å². The summed E-state index contributed by atoms with van der Waals surface area (Å²) in [6.07, 6.45) is 0.937. The quantitative estimate of drug-likeness (QED) is 0.744. The molecule has 2 aromatic carbocycles. The van der Waals surface area contributed by atoms with E-state index in [1.54, 1.807) is 48.5 Å². The summed E-state index contributed by atoms with van der Waals surface area (Å²) in [5.41, 5.74) is 7.69. The third kappa shape index (κ3) is 4.27. The lowest BCUT2D eigenvalue weighted by molar-refractivity contribution is -0.117. The van der Waals surface area contributed by atoms with Crippen LogP contribution in [0.5, 0.6) is 0 Å². The molecule has 0 unspecified atom stereocenters. The Morgan fingerprint density at radius 3 is 2.12 bits per heavy atom. The van der Waals surface area contributed by atoms with Crippen LogP contribution in [0.3, 0.4) is 0 Å². The van der Waals surface area contributed by atoms with Crippen LogP contribution in [0.2, 0.25) is 0 Å². The molecule has 0 aromatic heterocycles. The van der Waals surface area contributed by atoms with E-state index in [2.05, 4.69) is 17.6 Å². The van der Waals surface area contributed by atoms with Crippen LogP contribution in [-0.4, -0.2) is 17.7 Å². The number of benzene rings is 2. The molecule has 1 aliphatic rings. The topological polar surface area (TPSA) is 101 Å². The summed E-state index contributed by atoms with van der Waals surface area (Å²) in [5, 5.41) is 5.68. The van der Waals surface area contributed by atoms with Gasteiger partial charge >= 0.3 is 0 Å². The van der Waals surface area contributed by atoms with Gasteiger partial charge in [0.25, 0.3) is 5.91 Å². The van der Waals surface area contributed by atoms with Crippen molar-refractivity contribution in [3.8, 4) is 0 Å². The monoisotopic (exact) mass is 351 g/mol. The second kappa shape index (κ2) is 7.39. The zero-order chi connectivity index (χ0) is 18.7. The standard InChI is InChI=1S/C20H21N3O3/c1-12-10-17(12)20(26)23-16-8-6-15(7-9-16)19(25)22-11-13-2-4-14(5-3-13)18(21)24/h2-9,12,17H,10-11H2,1H3,(H2,21,24)(H,22,25)(H,23,26)/t12-,17+/m1/s1. The highest BCUT2D eigenvalue weighted by Crippen LogP contribution is 2.38. The number of carbonyl (C=O) groups excluding carboxylic acids is 3. The van der Waals surface area contributed by atoms with Gasteiger partial charge in [0.2, 0.25) is 11.8 Å². The van der Waals surface area contributed by atoms with Crippen LogP contribution < -0.4 is 16.4 Å². The first-order valence-electron chi connectivity index (χ1n) is 8.52. The van der Waals surface area contributed by atoms with Crippen LogP contribution in [0, 0.1) is 11.8 Å². The molecule has 0 saturated heterocycles. The lowest BCUT2D eigenvalue weighted by Gasteiger charge is -2.08. The summed E-state index contributed by atoms with van der Waals surface area (Å²) in [6.45, 7) is 2.40. The minimum atomic E-state index is -0.482. The van der Waals surface area contributed by atoms with Crippen molar-refractivity contribution in [2.45, 2.75) is 19.9 Å². The van der Waals surface area contributed by atoms with Gasteiger partial charge in [0, 0.05) is 29.3 Å². The molecule has 2 atom stereocenters. The number of carbonyl (C=O) groups is 3. The van der Waals surface area contributed by atoms with Crippen molar-refractivity contribution in [1.82, 2.24) is 5.32 Å². The van der Waals surface area contributed by atoms with Crippen LogP contribution in [0.4, 0.5) is 5.69 Å². The Kier molecular flexibility index (Phi) is 5.02. The molecular weight excluding hydrogens is 330 g/mol. The molecule has 2 aromatic rings. The Labute approximate surface area is 151 Å². The molecule has 6 heteroatoms. The lowest BCUT2D eigenvalue weighted by Crippen LogP contribution is -2.23. The predicted molar refractivity (Wildman–Crippen MR) is 98.5 cm³/mol. The van der Waals surface area contributed by atoms with Crippen LogP contribution in [-0.2, 0) is 11.3 Å². The van der Waals surface area contributed by atoms with Crippen molar-refractivity contribution in [3.63, 3.8) is 0 Å². The number of nitrogens with two attached hydrogens (primary N) is 1. The van der Waals surface area contributed by atoms with Crippen LogP contribution in [0.1, 0.15) is 39.6 Å². The molecule has 0 radical (unpaired) electrons. The second-order valence-electron chi connectivity index (χ2n) is 6.63. The third-order valence-corrected chi connectivity index (χ3v) is 4.55. The molecule has 0 spiro atoms. The van der Waals surface area contributed by atoms with Crippen molar-refractivity contribution >= 4 is 23.4 Å². The van der Waals surface area contributed by atoms with Crippen molar-refractivity contribution in [3.05, 3.63) is 65.2 Å². The Morgan fingerprint density at radius 2 is 1.58 bits per heavy atom. The number of nitrogens with one attached hydrogen (secondary N) is 2. The Morgan fingerprint density at radius 1 is 1.00 bits per heavy atom. The van der Waals surface area contributed by atoms with Crippen LogP contribution in [0.15, 0.2) is 48.5 Å². The van der Waals surface area contributed by atoms with Crippen LogP contribution >= 0.6 is 0 Å². The maximum atomic E-state index is 12.2. The summed E-state index contributed by atoms with van der Waals surface area (Å²) in [4.78, 5) is 35.2. The fourth-order valence-corrected chi connectivity index (χ4v) is 2.70. The first kappa shape index (κ1) is 17.7. The van der Waals surface area contributed by atoms with Crippen molar-refractivity contribution in [1.29, 1.82) is 0 Å². The minimum absolute atomic E-state index is 0.0362. The van der Waals surface area contributed by atoms with Crippen molar-refractivity contribution in [2.75, 3.05) is 5.32 Å². The van der Waals surface area contributed by atoms with Crippen molar-refractivity contribution in [2.24, 2.45) is 17.6 Å². The van der Waals surface area contributed by atoms with Gasteiger partial charge in [-0.2, -0.15) is 0 Å². The van der Waals surface area contributed by atoms with Gasteiger partial charge in [-0.05, 0) is 54.3 Å². The number of hydrogen-bond donors (Lipinski definition) is 3. The number of amides is 3. The SMILES string of the molecule is C[C@@H]1C[C@@H]1C(=O)Nc1ccc(C(=O)NCc2ccc(C(N)=O)cc2)cc1. The highest BCUT2D eigenvalue weighted by Gasteiger charge is 2.39. The highest BCUT2D eigenvalue weighted by molar-refractivity contribution is 5.97. The lowest BCUT2D eigenvalue weighted by atomic mass is 10.1. The number of anilines is 1. The van der Waals surface area contributed by atoms with E-state index >= 15 is 0 Å². The molecule has 0 aliphatic heterocycles. The Bertz CT molecular complexity index is 828. The fourth-order valence-electron chi connectivity index (χ4n) is 2.70. The van der Waals surface area contributed by atoms with E-state index < -0.39 is 5.91 Å². The first-order chi connectivity index (χ1) is 12.4. The van der Waals surface area contributed by atoms with Gasteiger partial charge in [-0.15, -0.1) is 0 Å². The Balaban J connectivity index is 1.52. The van der Waals surface area contributed by atoms with E-state index in [0.29, 0.717) is 29.3 Å². The summed E-state index contributed by atoms with van der Waals surface area (Å²) < 4.78 is 0. The average Bonchev–Trinajstić information content (AvgIpc) is 3.37. The van der Waals surface area contributed by atoms with Gasteiger partial charge in [-0.1, -0.05) is 19.1 Å². The number of primary amides is 1. The van der Waals surface area contributed by atoms with E-state index in [-0.39, 0.29) is 17.7 Å². The summed E-state index contributed by atoms with van der Waals surface area (Å²) in [7, 11) is 0. The normalized spacial score (nSPS) is 18.0. The predicted octanol–water partition coefficient (Wildman–Crippen LogP) is 2.31. The molecule has 134 valence electrons. The van der Waals surface area contributed by atoms with E-state index in [1.165, 1.54) is 0 Å². The molecule has 3 rings (SSSR count). The van der Waals surface area contributed by atoms with E-state index in [1.807, 2.05) is 0 Å². The highest BCUT2D eigenvalue weighted by atomic mass is 16.2. The molecular formula is C20H21N3O3. The average molecular weight is 351 g/mol. The van der Waals surface area contributed by atoms with Gasteiger partial charge in [0.15, 0.2) is 0 Å².